The van der Waals surface area contributed by atoms with E-state index in [9.17, 15) is 0 Å². The summed E-state index contributed by atoms with van der Waals surface area (Å²) in [5.41, 5.74) is 15.1. The van der Waals surface area contributed by atoms with Gasteiger partial charge in [-0.05, 0) is 87.8 Å². The van der Waals surface area contributed by atoms with E-state index in [0.29, 0.717) is 0 Å². The summed E-state index contributed by atoms with van der Waals surface area (Å²) < 4.78 is 4.54. The van der Waals surface area contributed by atoms with Gasteiger partial charge in [-0.15, -0.1) is 0 Å². The van der Waals surface area contributed by atoms with Gasteiger partial charge in [0.1, 0.15) is 5.69 Å². The first-order chi connectivity index (χ1) is 27.8. The van der Waals surface area contributed by atoms with Crippen LogP contribution < -0.4 is 0 Å². The Balaban J connectivity index is 1.31. The normalized spacial score (nSPS) is 11.6. The molecule has 0 fully saturated rings. The Kier molecular flexibility index (Phi) is 7.46. The molecule has 11 rings (SSSR count). The van der Waals surface area contributed by atoms with E-state index in [1.165, 1.54) is 38.5 Å². The SMILES string of the molecule is c1ccc(-c2cc3cc(-c4ccccc4)n4nc(-c5ccccn5)c(-c5ccc6c7ccccc7n(-c7ccccc7)c6c5)c4c3cc2-c2ccccc2)cc1. The molecular formula is C52H34N4. The zero-order valence-electron chi connectivity index (χ0n) is 30.4. The summed E-state index contributed by atoms with van der Waals surface area (Å²) in [6.45, 7) is 0. The third-order valence-corrected chi connectivity index (χ3v) is 11.0. The van der Waals surface area contributed by atoms with Crippen molar-refractivity contribution in [1.82, 2.24) is 19.2 Å². The second kappa shape index (κ2) is 13.1. The number of benzene rings is 7. The van der Waals surface area contributed by atoms with Crippen molar-refractivity contribution < 1.29 is 0 Å². The van der Waals surface area contributed by atoms with Gasteiger partial charge in [-0.1, -0.05) is 146 Å². The minimum atomic E-state index is 0.825. The maximum absolute atomic E-state index is 5.52. The quantitative estimate of drug-likeness (QED) is 0.172. The zero-order chi connectivity index (χ0) is 37.0. The minimum Gasteiger partial charge on any atom is -0.309 e. The van der Waals surface area contributed by atoms with Crippen LogP contribution in [0.3, 0.4) is 0 Å². The molecule has 4 heteroatoms. The van der Waals surface area contributed by atoms with Gasteiger partial charge in [-0.2, -0.15) is 5.10 Å². The smallest absolute Gasteiger partial charge is 0.120 e. The molecule has 262 valence electrons. The van der Waals surface area contributed by atoms with E-state index in [-0.39, 0.29) is 0 Å². The van der Waals surface area contributed by atoms with E-state index in [2.05, 4.69) is 197 Å². The topological polar surface area (TPSA) is 35.1 Å². The molecule has 0 saturated carbocycles. The van der Waals surface area contributed by atoms with Crippen LogP contribution >= 0.6 is 0 Å². The molecule has 0 unspecified atom stereocenters. The standard InChI is InChI=1S/C52H34N4/c1-5-17-35(18-6-1)43-31-39-33-48(37-21-9-3-10-22-37)56-52(45(39)34-44(43)36-19-7-2-8-20-36)50(51(54-56)46-26-15-16-30-53-46)38-28-29-42-41-25-13-14-27-47(41)55(49(42)32-38)40-23-11-4-12-24-40/h1-34H. The fourth-order valence-corrected chi connectivity index (χ4v) is 8.45. The molecule has 4 aromatic heterocycles. The van der Waals surface area contributed by atoms with Gasteiger partial charge in [0.05, 0.1) is 27.9 Å². The molecule has 0 aliphatic rings. The van der Waals surface area contributed by atoms with E-state index in [1.54, 1.807) is 0 Å². The van der Waals surface area contributed by atoms with E-state index < -0.39 is 0 Å². The molecule has 0 N–H and O–H groups in total. The number of hydrogen-bond acceptors (Lipinski definition) is 2. The van der Waals surface area contributed by atoms with Crippen molar-refractivity contribution in [2.75, 3.05) is 0 Å². The highest BCUT2D eigenvalue weighted by molar-refractivity contribution is 6.14. The zero-order valence-corrected chi connectivity index (χ0v) is 30.4. The Hall–Kier alpha value is -7.56. The molecule has 0 aliphatic heterocycles. The maximum atomic E-state index is 5.52. The fourth-order valence-electron chi connectivity index (χ4n) is 8.45. The fraction of sp³-hybridized carbons (Fsp3) is 0. The van der Waals surface area contributed by atoms with E-state index in [1.807, 2.05) is 18.3 Å². The molecule has 0 atom stereocenters. The van der Waals surface area contributed by atoms with Gasteiger partial charge < -0.3 is 4.57 Å². The summed E-state index contributed by atoms with van der Waals surface area (Å²) in [6, 6.07) is 71.4. The molecule has 56 heavy (non-hydrogen) atoms. The van der Waals surface area contributed by atoms with Crippen molar-refractivity contribution in [3.63, 3.8) is 0 Å². The largest absolute Gasteiger partial charge is 0.309 e. The van der Waals surface area contributed by atoms with Crippen molar-refractivity contribution in [3.05, 3.63) is 206 Å². The first kappa shape index (κ1) is 31.9. The first-order valence-corrected chi connectivity index (χ1v) is 19.0. The molecule has 7 aromatic carbocycles. The number of rotatable bonds is 6. The summed E-state index contributed by atoms with van der Waals surface area (Å²) in [7, 11) is 0. The summed E-state index contributed by atoms with van der Waals surface area (Å²) in [5.74, 6) is 0. The molecule has 0 spiro atoms. The summed E-state index contributed by atoms with van der Waals surface area (Å²) >= 11 is 0. The van der Waals surface area contributed by atoms with Crippen LogP contribution in [0.25, 0.3) is 99.8 Å². The van der Waals surface area contributed by atoms with Crippen LogP contribution in [0.15, 0.2) is 206 Å². The van der Waals surface area contributed by atoms with Gasteiger partial charge in [0.25, 0.3) is 0 Å². The number of pyridine rings is 2. The van der Waals surface area contributed by atoms with Gasteiger partial charge in [0.15, 0.2) is 0 Å². The predicted octanol–water partition coefficient (Wildman–Crippen LogP) is 13.3. The minimum absolute atomic E-state index is 0.825. The van der Waals surface area contributed by atoms with Gasteiger partial charge in [-0.25, -0.2) is 4.52 Å². The predicted molar refractivity (Wildman–Crippen MR) is 232 cm³/mol. The van der Waals surface area contributed by atoms with Crippen LogP contribution in [0.2, 0.25) is 0 Å². The number of hydrogen-bond donors (Lipinski definition) is 0. The lowest BCUT2D eigenvalue weighted by molar-refractivity contribution is 0.975. The third kappa shape index (κ3) is 5.15. The third-order valence-electron chi connectivity index (χ3n) is 11.0. The summed E-state index contributed by atoms with van der Waals surface area (Å²) in [5, 5.41) is 10.2. The molecule has 0 aliphatic carbocycles. The Bertz CT molecular complexity index is 3200. The lowest BCUT2D eigenvalue weighted by atomic mass is 9.90. The maximum Gasteiger partial charge on any atom is 0.120 e. The second-order valence-electron chi connectivity index (χ2n) is 14.2. The Morgan fingerprint density at radius 3 is 1.71 bits per heavy atom. The van der Waals surface area contributed by atoms with E-state index >= 15 is 0 Å². The monoisotopic (exact) mass is 714 g/mol. The highest BCUT2D eigenvalue weighted by atomic mass is 15.2. The second-order valence-corrected chi connectivity index (χ2v) is 14.2. The van der Waals surface area contributed by atoms with Gasteiger partial charge in [0.2, 0.25) is 0 Å². The van der Waals surface area contributed by atoms with E-state index in [0.717, 1.165) is 61.3 Å². The van der Waals surface area contributed by atoms with Crippen LogP contribution in [0.4, 0.5) is 0 Å². The summed E-state index contributed by atoms with van der Waals surface area (Å²) in [6.07, 6.45) is 1.86. The molecule has 4 heterocycles. The number of para-hydroxylation sites is 2. The van der Waals surface area contributed by atoms with Crippen molar-refractivity contribution in [2.45, 2.75) is 0 Å². The van der Waals surface area contributed by atoms with Crippen molar-refractivity contribution in [1.29, 1.82) is 0 Å². The molecule has 0 amide bonds. The number of nitrogens with zero attached hydrogens (tertiary/aromatic N) is 4. The van der Waals surface area contributed by atoms with Crippen molar-refractivity contribution in [3.8, 4) is 61.7 Å². The van der Waals surface area contributed by atoms with Crippen LogP contribution in [-0.2, 0) is 0 Å². The van der Waals surface area contributed by atoms with Crippen LogP contribution in [0, 0.1) is 0 Å². The number of aromatic nitrogens is 4. The Morgan fingerprint density at radius 1 is 0.411 bits per heavy atom. The molecule has 0 radical (unpaired) electrons. The van der Waals surface area contributed by atoms with Gasteiger partial charge in [-0.3, -0.25) is 4.98 Å². The van der Waals surface area contributed by atoms with Crippen LogP contribution in [-0.4, -0.2) is 19.2 Å². The molecule has 0 saturated heterocycles. The lowest BCUT2D eigenvalue weighted by Gasteiger charge is -2.16. The number of fused-ring (bicyclic) bond motifs is 6. The lowest BCUT2D eigenvalue weighted by Crippen LogP contribution is -1.97. The van der Waals surface area contributed by atoms with Crippen LogP contribution in [0.5, 0.6) is 0 Å². The van der Waals surface area contributed by atoms with Crippen molar-refractivity contribution in [2.24, 2.45) is 0 Å². The van der Waals surface area contributed by atoms with Gasteiger partial charge in [0, 0.05) is 39.2 Å². The first-order valence-electron chi connectivity index (χ1n) is 19.0. The van der Waals surface area contributed by atoms with Crippen molar-refractivity contribution >= 4 is 38.1 Å². The highest BCUT2D eigenvalue weighted by Crippen LogP contribution is 2.45. The highest BCUT2D eigenvalue weighted by Gasteiger charge is 2.25. The average Bonchev–Trinajstić information content (AvgIpc) is 3.84. The molecule has 0 bridgehead atoms. The molecule has 4 nitrogen and oxygen atoms in total. The van der Waals surface area contributed by atoms with E-state index in [4.69, 9.17) is 10.1 Å². The van der Waals surface area contributed by atoms with Crippen LogP contribution in [0.1, 0.15) is 0 Å². The van der Waals surface area contributed by atoms with Gasteiger partial charge >= 0.3 is 0 Å². The summed E-state index contributed by atoms with van der Waals surface area (Å²) in [4.78, 5) is 4.91. The molecule has 11 aromatic rings. The Morgan fingerprint density at radius 2 is 1.02 bits per heavy atom. The molecular weight excluding hydrogens is 681 g/mol. The average molecular weight is 715 g/mol. The Labute approximate surface area is 324 Å².